The van der Waals surface area contributed by atoms with Crippen molar-refractivity contribution in [3.63, 3.8) is 0 Å². The van der Waals surface area contributed by atoms with Crippen molar-refractivity contribution in [2.24, 2.45) is 0 Å². The molecule has 98 valence electrons. The zero-order valence-electron chi connectivity index (χ0n) is 10.1. The van der Waals surface area contributed by atoms with E-state index in [2.05, 4.69) is 11.6 Å². The molecule has 0 spiro atoms. The van der Waals surface area contributed by atoms with E-state index in [0.29, 0.717) is 19.7 Å². The van der Waals surface area contributed by atoms with Gasteiger partial charge in [-0.15, -0.1) is 6.58 Å². The van der Waals surface area contributed by atoms with Crippen LogP contribution in [0.25, 0.3) is 0 Å². The van der Waals surface area contributed by atoms with Crippen molar-refractivity contribution in [2.45, 2.75) is 0 Å². The maximum Gasteiger partial charge on any atom is 0.339 e. The number of anilines is 1. The van der Waals surface area contributed by atoms with Gasteiger partial charge in [0.15, 0.2) is 0 Å². The summed E-state index contributed by atoms with van der Waals surface area (Å²) >= 11 is 0. The molecule has 18 heavy (non-hydrogen) atoms. The van der Waals surface area contributed by atoms with Gasteiger partial charge in [-0.05, 0) is 6.07 Å². The number of ether oxygens (including phenoxy) is 1. The number of carboxylic acids is 1. The molecule has 0 fully saturated rings. The van der Waals surface area contributed by atoms with Crippen molar-refractivity contribution in [1.29, 1.82) is 0 Å². The monoisotopic (exact) mass is 254 g/mol. The average molecular weight is 254 g/mol. The van der Waals surface area contributed by atoms with Gasteiger partial charge in [-0.3, -0.25) is 0 Å². The number of carbonyl (C=O) groups is 1. The quantitative estimate of drug-likeness (QED) is 0.748. The first-order chi connectivity index (χ1) is 8.60. The molecule has 1 aromatic rings. The molecule has 1 aromatic heterocycles. The minimum atomic E-state index is -1.22. The first-order valence-electron chi connectivity index (χ1n) is 5.33. The lowest BCUT2D eigenvalue weighted by Gasteiger charge is -2.23. The third kappa shape index (κ3) is 3.53. The number of nitrogens with zero attached hydrogens (tertiary/aromatic N) is 2. The molecule has 1 N–H and O–H groups in total. The maximum absolute atomic E-state index is 13.0. The van der Waals surface area contributed by atoms with E-state index in [1.807, 2.05) is 0 Å². The van der Waals surface area contributed by atoms with Crippen LogP contribution in [0.5, 0.6) is 0 Å². The highest BCUT2D eigenvalue weighted by atomic mass is 19.1. The van der Waals surface area contributed by atoms with Crippen LogP contribution in [-0.4, -0.2) is 42.9 Å². The van der Waals surface area contributed by atoms with E-state index in [-0.39, 0.29) is 11.4 Å². The highest BCUT2D eigenvalue weighted by Gasteiger charge is 2.17. The Labute approximate surface area is 105 Å². The van der Waals surface area contributed by atoms with Crippen molar-refractivity contribution in [3.8, 4) is 0 Å². The molecule has 1 rings (SSSR count). The number of aromatic carboxylic acids is 1. The van der Waals surface area contributed by atoms with E-state index in [1.165, 1.54) is 0 Å². The molecule has 0 saturated heterocycles. The molecule has 6 heteroatoms. The molecule has 5 nitrogen and oxygen atoms in total. The lowest BCUT2D eigenvalue weighted by atomic mass is 10.2. The van der Waals surface area contributed by atoms with Crippen LogP contribution in [0.1, 0.15) is 10.4 Å². The predicted octanol–water partition coefficient (Wildman–Crippen LogP) is 1.56. The maximum atomic E-state index is 13.0. The third-order valence-electron chi connectivity index (χ3n) is 2.28. The summed E-state index contributed by atoms with van der Waals surface area (Å²) in [5.41, 5.74) is -0.173. The number of hydrogen-bond acceptors (Lipinski definition) is 4. The number of carboxylic acid groups (broad SMARTS) is 1. The SMILES string of the molecule is C=CCN(CCOC)c1ncc(F)cc1C(=O)O. The van der Waals surface area contributed by atoms with Gasteiger partial charge < -0.3 is 14.7 Å². The van der Waals surface area contributed by atoms with E-state index in [1.54, 1.807) is 18.1 Å². The Kier molecular flexibility index (Phi) is 5.26. The average Bonchev–Trinajstić information content (AvgIpc) is 2.34. The summed E-state index contributed by atoms with van der Waals surface area (Å²) in [6.07, 6.45) is 2.61. The minimum Gasteiger partial charge on any atom is -0.478 e. The van der Waals surface area contributed by atoms with Crippen LogP contribution < -0.4 is 4.90 Å². The third-order valence-corrected chi connectivity index (χ3v) is 2.28. The number of rotatable bonds is 7. The van der Waals surface area contributed by atoms with Crippen molar-refractivity contribution in [2.75, 3.05) is 31.7 Å². The van der Waals surface area contributed by atoms with E-state index >= 15 is 0 Å². The largest absolute Gasteiger partial charge is 0.478 e. The van der Waals surface area contributed by atoms with E-state index < -0.39 is 11.8 Å². The molecule has 0 aliphatic carbocycles. The molecule has 0 unspecified atom stereocenters. The summed E-state index contributed by atoms with van der Waals surface area (Å²) in [5.74, 6) is -1.69. The second-order valence-electron chi connectivity index (χ2n) is 3.56. The van der Waals surface area contributed by atoms with E-state index in [9.17, 15) is 9.18 Å². The molecule has 0 bridgehead atoms. The topological polar surface area (TPSA) is 62.7 Å². The zero-order chi connectivity index (χ0) is 13.5. The summed E-state index contributed by atoms with van der Waals surface area (Å²) in [6, 6.07) is 0.952. The fourth-order valence-electron chi connectivity index (χ4n) is 1.48. The molecule has 1 heterocycles. The van der Waals surface area contributed by atoms with Gasteiger partial charge >= 0.3 is 5.97 Å². The molecule has 0 atom stereocenters. The second-order valence-corrected chi connectivity index (χ2v) is 3.56. The minimum absolute atomic E-state index is 0.173. The summed E-state index contributed by atoms with van der Waals surface area (Å²) < 4.78 is 18.0. The Bertz CT molecular complexity index is 437. The van der Waals surface area contributed by atoms with Crippen molar-refractivity contribution in [1.82, 2.24) is 4.98 Å². The smallest absolute Gasteiger partial charge is 0.339 e. The lowest BCUT2D eigenvalue weighted by Crippen LogP contribution is -2.30. The fraction of sp³-hybridized carbons (Fsp3) is 0.333. The Balaban J connectivity index is 3.09. The summed E-state index contributed by atoms with van der Waals surface area (Å²) in [4.78, 5) is 16.6. The number of methoxy groups -OCH3 is 1. The Morgan fingerprint density at radius 1 is 1.72 bits per heavy atom. The van der Waals surface area contributed by atoms with Gasteiger partial charge in [-0.1, -0.05) is 6.08 Å². The second kappa shape index (κ2) is 6.70. The van der Waals surface area contributed by atoms with Gasteiger partial charge in [0.05, 0.1) is 12.8 Å². The summed E-state index contributed by atoms with van der Waals surface area (Å²) in [5, 5.41) is 9.04. The zero-order valence-corrected chi connectivity index (χ0v) is 10.1. The van der Waals surface area contributed by atoms with Crippen molar-refractivity contribution >= 4 is 11.8 Å². The molecular weight excluding hydrogens is 239 g/mol. The first kappa shape index (κ1) is 14.1. The molecule has 0 aliphatic heterocycles. The molecule has 0 amide bonds. The number of pyridine rings is 1. The first-order valence-corrected chi connectivity index (χ1v) is 5.33. The van der Waals surface area contributed by atoms with Gasteiger partial charge in [-0.25, -0.2) is 14.2 Å². The number of aromatic nitrogens is 1. The standard InChI is InChI=1S/C12H15FN2O3/c1-3-4-15(5-6-18-2)11-10(12(16)17)7-9(13)8-14-11/h3,7-8H,1,4-6H2,2H3,(H,16,17). The van der Waals surface area contributed by atoms with Crippen LogP contribution in [0.2, 0.25) is 0 Å². The molecule has 0 aliphatic rings. The van der Waals surface area contributed by atoms with Gasteiger partial charge in [0, 0.05) is 20.2 Å². The molecule has 0 radical (unpaired) electrons. The van der Waals surface area contributed by atoms with Gasteiger partial charge in [0.2, 0.25) is 0 Å². The lowest BCUT2D eigenvalue weighted by molar-refractivity contribution is 0.0696. The van der Waals surface area contributed by atoms with Crippen molar-refractivity contribution in [3.05, 3.63) is 36.3 Å². The van der Waals surface area contributed by atoms with E-state index in [4.69, 9.17) is 9.84 Å². The van der Waals surface area contributed by atoms with Crippen LogP contribution in [0.15, 0.2) is 24.9 Å². The predicted molar refractivity (Wildman–Crippen MR) is 65.4 cm³/mol. The van der Waals surface area contributed by atoms with Gasteiger partial charge in [-0.2, -0.15) is 0 Å². The Morgan fingerprint density at radius 3 is 3.00 bits per heavy atom. The normalized spacial score (nSPS) is 10.1. The Morgan fingerprint density at radius 2 is 2.44 bits per heavy atom. The number of hydrogen-bond donors (Lipinski definition) is 1. The number of halogens is 1. The van der Waals surface area contributed by atoms with Gasteiger partial charge in [0.25, 0.3) is 0 Å². The van der Waals surface area contributed by atoms with Crippen LogP contribution in [0.4, 0.5) is 10.2 Å². The van der Waals surface area contributed by atoms with Crippen LogP contribution >= 0.6 is 0 Å². The Hall–Kier alpha value is -1.95. The summed E-state index contributed by atoms with van der Waals surface area (Å²) in [7, 11) is 1.54. The van der Waals surface area contributed by atoms with Crippen LogP contribution in [-0.2, 0) is 4.74 Å². The molecular formula is C12H15FN2O3. The fourth-order valence-corrected chi connectivity index (χ4v) is 1.48. The molecule has 0 saturated carbocycles. The van der Waals surface area contributed by atoms with Crippen LogP contribution in [0, 0.1) is 5.82 Å². The molecule has 0 aromatic carbocycles. The highest BCUT2D eigenvalue weighted by molar-refractivity contribution is 5.93. The highest BCUT2D eigenvalue weighted by Crippen LogP contribution is 2.18. The van der Waals surface area contributed by atoms with Crippen LogP contribution in [0.3, 0.4) is 0 Å². The summed E-state index contributed by atoms with van der Waals surface area (Å²) in [6.45, 7) is 4.85. The van der Waals surface area contributed by atoms with Gasteiger partial charge in [0.1, 0.15) is 17.2 Å². The van der Waals surface area contributed by atoms with E-state index in [0.717, 1.165) is 12.3 Å². The van der Waals surface area contributed by atoms with Crippen molar-refractivity contribution < 1.29 is 19.0 Å².